The summed E-state index contributed by atoms with van der Waals surface area (Å²) in [4.78, 5) is 20.7. The lowest BCUT2D eigenvalue weighted by Gasteiger charge is -2.35. The summed E-state index contributed by atoms with van der Waals surface area (Å²) >= 11 is 0. The van der Waals surface area contributed by atoms with Crippen LogP contribution >= 0.6 is 0 Å². The number of carbonyl (C=O) groups is 1. The van der Waals surface area contributed by atoms with E-state index in [4.69, 9.17) is 0 Å². The molecule has 144 valence electrons. The summed E-state index contributed by atoms with van der Waals surface area (Å²) in [5, 5.41) is 2.89. The number of nitrogens with one attached hydrogen (secondary N) is 2. The van der Waals surface area contributed by atoms with Gasteiger partial charge in [0, 0.05) is 44.6 Å². The lowest BCUT2D eigenvalue weighted by atomic mass is 10.2. The first-order valence-electron chi connectivity index (χ1n) is 8.66. The van der Waals surface area contributed by atoms with Crippen LogP contribution in [0.15, 0.2) is 48.7 Å². The van der Waals surface area contributed by atoms with Gasteiger partial charge in [0.1, 0.15) is 5.82 Å². The zero-order valence-corrected chi connectivity index (χ0v) is 15.9. The third-order valence-corrected chi connectivity index (χ3v) is 4.82. The van der Waals surface area contributed by atoms with Crippen molar-refractivity contribution in [1.82, 2.24) is 15.2 Å². The number of rotatable bonds is 5. The number of pyridine rings is 1. The molecule has 0 spiro atoms. The molecule has 0 unspecified atom stereocenters. The Morgan fingerprint density at radius 3 is 2.56 bits per heavy atom. The highest BCUT2D eigenvalue weighted by molar-refractivity contribution is 7.92. The van der Waals surface area contributed by atoms with Gasteiger partial charge in [-0.3, -0.25) is 4.72 Å². The van der Waals surface area contributed by atoms with Gasteiger partial charge in [-0.2, -0.15) is 0 Å². The Labute approximate surface area is 159 Å². The van der Waals surface area contributed by atoms with Crippen LogP contribution in [0.3, 0.4) is 0 Å². The second-order valence-corrected chi connectivity index (χ2v) is 8.14. The highest BCUT2D eigenvalue weighted by atomic mass is 32.2. The molecule has 1 aromatic carbocycles. The van der Waals surface area contributed by atoms with Crippen LogP contribution in [-0.4, -0.2) is 56.8 Å². The zero-order valence-electron chi connectivity index (χ0n) is 15.1. The molecule has 8 nitrogen and oxygen atoms in total. The van der Waals surface area contributed by atoms with Gasteiger partial charge < -0.3 is 15.1 Å². The van der Waals surface area contributed by atoms with E-state index in [0.29, 0.717) is 25.3 Å². The van der Waals surface area contributed by atoms with E-state index in [1.807, 2.05) is 24.3 Å². The standard InChI is InChI=1S/C18H23N5O3S/c1-27(25,26)21-16-6-4-5-15(13-16)14-20-18(24)23-11-9-22(10-12-23)17-7-2-3-8-19-17/h2-8,13,21H,9-12,14H2,1H3,(H,20,24). The average Bonchev–Trinajstić information content (AvgIpc) is 2.66. The molecule has 2 N–H and O–H groups in total. The third-order valence-electron chi connectivity index (χ3n) is 4.21. The maximum Gasteiger partial charge on any atom is 0.317 e. The predicted octanol–water partition coefficient (Wildman–Crippen LogP) is 1.48. The number of sulfonamides is 1. The monoisotopic (exact) mass is 389 g/mol. The highest BCUT2D eigenvalue weighted by Crippen LogP contribution is 2.14. The number of carbonyl (C=O) groups excluding carboxylic acids is 1. The van der Waals surface area contributed by atoms with Crippen molar-refractivity contribution in [3.8, 4) is 0 Å². The maximum atomic E-state index is 12.4. The van der Waals surface area contributed by atoms with E-state index < -0.39 is 10.0 Å². The van der Waals surface area contributed by atoms with Crippen LogP contribution in [0.5, 0.6) is 0 Å². The molecule has 1 aromatic heterocycles. The second kappa shape index (κ2) is 8.26. The molecule has 0 saturated carbocycles. The summed E-state index contributed by atoms with van der Waals surface area (Å²) in [6.07, 6.45) is 2.87. The Morgan fingerprint density at radius 1 is 1.11 bits per heavy atom. The van der Waals surface area contributed by atoms with E-state index in [2.05, 4.69) is 19.9 Å². The van der Waals surface area contributed by atoms with Gasteiger partial charge in [0.15, 0.2) is 0 Å². The quantitative estimate of drug-likeness (QED) is 0.808. The van der Waals surface area contributed by atoms with E-state index in [9.17, 15) is 13.2 Å². The minimum absolute atomic E-state index is 0.128. The van der Waals surface area contributed by atoms with Gasteiger partial charge in [0.05, 0.1) is 6.26 Å². The number of nitrogens with zero attached hydrogens (tertiary/aromatic N) is 3. The molecule has 0 aliphatic carbocycles. The highest BCUT2D eigenvalue weighted by Gasteiger charge is 2.21. The van der Waals surface area contributed by atoms with E-state index in [-0.39, 0.29) is 6.03 Å². The first-order valence-corrected chi connectivity index (χ1v) is 10.6. The Morgan fingerprint density at radius 2 is 1.89 bits per heavy atom. The number of piperazine rings is 1. The molecule has 2 amide bonds. The lowest BCUT2D eigenvalue weighted by molar-refractivity contribution is 0.194. The van der Waals surface area contributed by atoms with E-state index in [1.165, 1.54) is 0 Å². The molecule has 0 atom stereocenters. The molecule has 1 saturated heterocycles. The van der Waals surface area contributed by atoms with Gasteiger partial charge in [-0.05, 0) is 29.8 Å². The normalized spacial score (nSPS) is 14.7. The summed E-state index contributed by atoms with van der Waals surface area (Å²) in [7, 11) is -3.33. The molecular formula is C18H23N5O3S. The summed E-state index contributed by atoms with van der Waals surface area (Å²) in [5.74, 6) is 0.924. The minimum atomic E-state index is -3.33. The number of anilines is 2. The number of aromatic nitrogens is 1. The van der Waals surface area contributed by atoms with Crippen molar-refractivity contribution in [1.29, 1.82) is 0 Å². The Hall–Kier alpha value is -2.81. The maximum absolute atomic E-state index is 12.4. The van der Waals surface area contributed by atoms with Crippen LogP contribution in [0.4, 0.5) is 16.3 Å². The van der Waals surface area contributed by atoms with E-state index in [0.717, 1.165) is 30.7 Å². The number of hydrogen-bond donors (Lipinski definition) is 2. The molecule has 2 heterocycles. The Bertz CT molecular complexity index is 881. The SMILES string of the molecule is CS(=O)(=O)Nc1cccc(CNC(=O)N2CCN(c3ccccn3)CC2)c1. The van der Waals surface area contributed by atoms with Crippen LogP contribution in [0.2, 0.25) is 0 Å². The largest absolute Gasteiger partial charge is 0.353 e. The van der Waals surface area contributed by atoms with Crippen molar-refractivity contribution in [3.05, 3.63) is 54.2 Å². The van der Waals surface area contributed by atoms with Gasteiger partial charge in [-0.1, -0.05) is 18.2 Å². The molecule has 0 bridgehead atoms. The summed E-state index contributed by atoms with van der Waals surface area (Å²) in [6, 6.07) is 12.6. The summed E-state index contributed by atoms with van der Waals surface area (Å²) in [5.41, 5.74) is 1.30. The fourth-order valence-corrected chi connectivity index (χ4v) is 3.48. The molecule has 1 aliphatic heterocycles. The lowest BCUT2D eigenvalue weighted by Crippen LogP contribution is -2.51. The van der Waals surface area contributed by atoms with Crippen molar-refractivity contribution in [2.45, 2.75) is 6.54 Å². The van der Waals surface area contributed by atoms with Crippen LogP contribution in [0.1, 0.15) is 5.56 Å². The Kier molecular flexibility index (Phi) is 5.80. The Balaban J connectivity index is 1.50. The van der Waals surface area contributed by atoms with Gasteiger partial charge in [0.25, 0.3) is 0 Å². The number of urea groups is 1. The zero-order chi connectivity index (χ0) is 19.3. The van der Waals surface area contributed by atoms with Crippen LogP contribution in [0, 0.1) is 0 Å². The van der Waals surface area contributed by atoms with Crippen LogP contribution in [0.25, 0.3) is 0 Å². The van der Waals surface area contributed by atoms with E-state index in [1.54, 1.807) is 29.3 Å². The van der Waals surface area contributed by atoms with Crippen molar-refractivity contribution in [2.75, 3.05) is 42.1 Å². The van der Waals surface area contributed by atoms with Crippen molar-refractivity contribution >= 4 is 27.6 Å². The number of benzene rings is 1. The molecule has 1 aliphatic rings. The molecule has 27 heavy (non-hydrogen) atoms. The second-order valence-electron chi connectivity index (χ2n) is 6.40. The van der Waals surface area contributed by atoms with Crippen molar-refractivity contribution in [2.24, 2.45) is 0 Å². The van der Waals surface area contributed by atoms with E-state index >= 15 is 0 Å². The summed E-state index contributed by atoms with van der Waals surface area (Å²) in [6.45, 7) is 3.05. The fourth-order valence-electron chi connectivity index (χ4n) is 2.93. The minimum Gasteiger partial charge on any atom is -0.353 e. The van der Waals surface area contributed by atoms with Gasteiger partial charge >= 0.3 is 6.03 Å². The van der Waals surface area contributed by atoms with Gasteiger partial charge in [-0.15, -0.1) is 0 Å². The molecular weight excluding hydrogens is 366 g/mol. The molecule has 9 heteroatoms. The van der Waals surface area contributed by atoms with Crippen LogP contribution < -0.4 is 14.9 Å². The van der Waals surface area contributed by atoms with Crippen LogP contribution in [-0.2, 0) is 16.6 Å². The average molecular weight is 389 g/mol. The molecule has 1 fully saturated rings. The van der Waals surface area contributed by atoms with Crippen molar-refractivity contribution in [3.63, 3.8) is 0 Å². The number of amides is 2. The number of hydrogen-bond acceptors (Lipinski definition) is 5. The first kappa shape index (κ1) is 19.0. The predicted molar refractivity (Wildman–Crippen MR) is 105 cm³/mol. The smallest absolute Gasteiger partial charge is 0.317 e. The molecule has 0 radical (unpaired) electrons. The third kappa shape index (κ3) is 5.58. The molecule has 3 rings (SSSR count). The van der Waals surface area contributed by atoms with Gasteiger partial charge in [-0.25, -0.2) is 18.2 Å². The van der Waals surface area contributed by atoms with Crippen molar-refractivity contribution < 1.29 is 13.2 Å². The topological polar surface area (TPSA) is 94.6 Å². The summed E-state index contributed by atoms with van der Waals surface area (Å²) < 4.78 is 25.1. The van der Waals surface area contributed by atoms with Gasteiger partial charge in [0.2, 0.25) is 10.0 Å². The molecule has 2 aromatic rings. The first-order chi connectivity index (χ1) is 12.9. The fraction of sp³-hybridized carbons (Fsp3) is 0.333.